The van der Waals surface area contributed by atoms with Gasteiger partial charge < -0.3 is 15.4 Å². The second-order valence-corrected chi connectivity index (χ2v) is 7.35. The molecule has 2 aromatic rings. The van der Waals surface area contributed by atoms with E-state index >= 15 is 0 Å². The predicted octanol–water partition coefficient (Wildman–Crippen LogP) is 4.79. The zero-order valence-electron chi connectivity index (χ0n) is 14.4. The van der Waals surface area contributed by atoms with E-state index in [0.29, 0.717) is 10.0 Å². The molecular formula is C18H15BrCl2F2N2O3. The van der Waals surface area contributed by atoms with Crippen molar-refractivity contribution >= 4 is 50.9 Å². The van der Waals surface area contributed by atoms with E-state index in [-0.39, 0.29) is 27.9 Å². The molecule has 0 aliphatic rings. The van der Waals surface area contributed by atoms with Gasteiger partial charge in [0.2, 0.25) is 5.91 Å². The Kier molecular flexibility index (Phi) is 8.03. The fraction of sp³-hybridized carbons (Fsp3) is 0.222. The average Bonchev–Trinajstić information content (AvgIpc) is 2.63. The van der Waals surface area contributed by atoms with Crippen LogP contribution in [0.4, 0.5) is 8.78 Å². The first kappa shape index (κ1) is 22.4. The SMILES string of the molecule is CC(NC(=O)c1cccc(Cl)c1Cl)C(=O)NCc1cc(Br)ccc1OC(F)F. The van der Waals surface area contributed by atoms with Gasteiger partial charge in [-0.3, -0.25) is 9.59 Å². The summed E-state index contributed by atoms with van der Waals surface area (Å²) in [6, 6.07) is 8.12. The van der Waals surface area contributed by atoms with E-state index in [1.165, 1.54) is 25.1 Å². The maximum Gasteiger partial charge on any atom is 0.387 e. The van der Waals surface area contributed by atoms with Crippen molar-refractivity contribution in [3.63, 3.8) is 0 Å². The molecule has 28 heavy (non-hydrogen) atoms. The predicted molar refractivity (Wildman–Crippen MR) is 106 cm³/mol. The highest BCUT2D eigenvalue weighted by Gasteiger charge is 2.20. The number of carbonyl (C=O) groups excluding carboxylic acids is 2. The van der Waals surface area contributed by atoms with Gasteiger partial charge in [-0.1, -0.05) is 45.2 Å². The van der Waals surface area contributed by atoms with Crippen molar-refractivity contribution in [2.75, 3.05) is 0 Å². The van der Waals surface area contributed by atoms with Gasteiger partial charge in [0, 0.05) is 16.6 Å². The number of amides is 2. The molecule has 5 nitrogen and oxygen atoms in total. The Labute approximate surface area is 178 Å². The van der Waals surface area contributed by atoms with Gasteiger partial charge >= 0.3 is 6.61 Å². The Bertz CT molecular complexity index is 884. The van der Waals surface area contributed by atoms with Crippen molar-refractivity contribution < 1.29 is 23.1 Å². The van der Waals surface area contributed by atoms with Crippen molar-refractivity contribution in [3.8, 4) is 5.75 Å². The molecule has 2 aromatic carbocycles. The molecule has 0 aromatic heterocycles. The number of benzene rings is 2. The van der Waals surface area contributed by atoms with E-state index in [1.54, 1.807) is 18.2 Å². The number of ether oxygens (including phenoxy) is 1. The van der Waals surface area contributed by atoms with Crippen molar-refractivity contribution in [2.24, 2.45) is 0 Å². The summed E-state index contributed by atoms with van der Waals surface area (Å²) >= 11 is 15.1. The second kappa shape index (κ2) is 10.0. The monoisotopic (exact) mass is 494 g/mol. The minimum atomic E-state index is -2.99. The number of alkyl halides is 2. The summed E-state index contributed by atoms with van der Waals surface area (Å²) in [5.74, 6) is -1.14. The number of hydrogen-bond donors (Lipinski definition) is 2. The van der Waals surface area contributed by atoms with Crippen molar-refractivity contribution in [1.29, 1.82) is 0 Å². The molecule has 0 radical (unpaired) electrons. The highest BCUT2D eigenvalue weighted by molar-refractivity contribution is 9.10. The molecule has 0 heterocycles. The standard InChI is InChI=1S/C18H15BrCl2F2N2O3/c1-9(25-17(27)12-3-2-4-13(20)15(12)21)16(26)24-8-10-7-11(19)5-6-14(10)28-18(22)23/h2-7,9,18H,8H2,1H3,(H,24,26)(H,25,27). The van der Waals surface area contributed by atoms with E-state index in [1.807, 2.05) is 0 Å². The highest BCUT2D eigenvalue weighted by atomic mass is 79.9. The molecule has 2 amide bonds. The third kappa shape index (κ3) is 6.05. The lowest BCUT2D eigenvalue weighted by Crippen LogP contribution is -2.44. The van der Waals surface area contributed by atoms with Gasteiger partial charge in [0.15, 0.2) is 0 Å². The number of carbonyl (C=O) groups is 2. The summed E-state index contributed by atoms with van der Waals surface area (Å²) in [6.07, 6.45) is 0. The molecular weight excluding hydrogens is 481 g/mol. The molecule has 0 spiro atoms. The molecule has 2 rings (SSSR count). The minimum absolute atomic E-state index is 0.0547. The van der Waals surface area contributed by atoms with Crippen molar-refractivity contribution in [3.05, 3.63) is 62.0 Å². The smallest absolute Gasteiger partial charge is 0.387 e. The van der Waals surface area contributed by atoms with Crippen LogP contribution in [-0.2, 0) is 11.3 Å². The van der Waals surface area contributed by atoms with Gasteiger partial charge in [-0.25, -0.2) is 0 Å². The van der Waals surface area contributed by atoms with Gasteiger partial charge in [-0.2, -0.15) is 8.78 Å². The Morgan fingerprint density at radius 3 is 2.61 bits per heavy atom. The van der Waals surface area contributed by atoms with Crippen molar-refractivity contribution in [1.82, 2.24) is 10.6 Å². The maximum atomic E-state index is 12.5. The van der Waals surface area contributed by atoms with Gasteiger partial charge in [0.05, 0.1) is 15.6 Å². The molecule has 0 saturated carbocycles. The lowest BCUT2D eigenvalue weighted by molar-refractivity contribution is -0.122. The second-order valence-electron chi connectivity index (χ2n) is 5.64. The van der Waals surface area contributed by atoms with Crippen LogP contribution in [0.25, 0.3) is 0 Å². The summed E-state index contributed by atoms with van der Waals surface area (Å²) in [5.41, 5.74) is 0.480. The van der Waals surface area contributed by atoms with Crippen LogP contribution < -0.4 is 15.4 Å². The first-order chi connectivity index (χ1) is 13.2. The third-order valence-electron chi connectivity index (χ3n) is 3.63. The van der Waals surface area contributed by atoms with E-state index in [9.17, 15) is 18.4 Å². The number of halogens is 5. The number of nitrogens with one attached hydrogen (secondary N) is 2. The van der Waals surface area contributed by atoms with Gasteiger partial charge in [-0.05, 0) is 37.3 Å². The molecule has 0 aliphatic heterocycles. The van der Waals surface area contributed by atoms with Crippen molar-refractivity contribution in [2.45, 2.75) is 26.1 Å². The van der Waals surface area contributed by atoms with Crippen LogP contribution >= 0.6 is 39.1 Å². The van der Waals surface area contributed by atoms with E-state index < -0.39 is 24.5 Å². The minimum Gasteiger partial charge on any atom is -0.434 e. The van der Waals surface area contributed by atoms with Crippen LogP contribution in [0.2, 0.25) is 10.0 Å². The van der Waals surface area contributed by atoms with Crippen LogP contribution in [0.3, 0.4) is 0 Å². The topological polar surface area (TPSA) is 67.4 Å². The quantitative estimate of drug-likeness (QED) is 0.580. The van der Waals surface area contributed by atoms with Crippen LogP contribution in [0.15, 0.2) is 40.9 Å². The maximum absolute atomic E-state index is 12.5. The highest BCUT2D eigenvalue weighted by Crippen LogP contribution is 2.26. The van der Waals surface area contributed by atoms with Crippen LogP contribution in [0.5, 0.6) is 5.75 Å². The molecule has 0 bridgehead atoms. The summed E-state index contributed by atoms with van der Waals surface area (Å²) in [4.78, 5) is 24.6. The van der Waals surface area contributed by atoms with Crippen LogP contribution in [-0.4, -0.2) is 24.5 Å². The molecule has 0 aliphatic carbocycles. The van der Waals surface area contributed by atoms with Gasteiger partial charge in [-0.15, -0.1) is 0 Å². The van der Waals surface area contributed by atoms with Crippen LogP contribution in [0, 0.1) is 0 Å². The zero-order valence-corrected chi connectivity index (χ0v) is 17.5. The number of hydrogen-bond acceptors (Lipinski definition) is 3. The molecule has 10 heteroatoms. The van der Waals surface area contributed by atoms with Gasteiger partial charge in [0.1, 0.15) is 11.8 Å². The Morgan fingerprint density at radius 1 is 1.21 bits per heavy atom. The Morgan fingerprint density at radius 2 is 1.93 bits per heavy atom. The summed E-state index contributed by atoms with van der Waals surface area (Å²) in [6.45, 7) is -1.59. The van der Waals surface area contributed by atoms with Gasteiger partial charge in [0.25, 0.3) is 5.91 Å². The molecule has 150 valence electrons. The lowest BCUT2D eigenvalue weighted by atomic mass is 10.1. The Balaban J connectivity index is 2.00. The van der Waals surface area contributed by atoms with Crippen LogP contribution in [0.1, 0.15) is 22.8 Å². The zero-order chi connectivity index (χ0) is 20.8. The van der Waals surface area contributed by atoms with E-state index in [4.69, 9.17) is 23.2 Å². The Hall–Kier alpha value is -1.90. The fourth-order valence-electron chi connectivity index (χ4n) is 2.25. The van der Waals surface area contributed by atoms with E-state index in [2.05, 4.69) is 31.3 Å². The first-order valence-electron chi connectivity index (χ1n) is 7.95. The fourth-order valence-corrected chi connectivity index (χ4v) is 3.05. The molecule has 2 N–H and O–H groups in total. The summed E-state index contributed by atoms with van der Waals surface area (Å²) in [5, 5.41) is 5.36. The summed E-state index contributed by atoms with van der Waals surface area (Å²) in [7, 11) is 0. The largest absolute Gasteiger partial charge is 0.434 e. The normalized spacial score (nSPS) is 11.8. The van der Waals surface area contributed by atoms with E-state index in [0.717, 1.165) is 0 Å². The molecule has 1 unspecified atom stereocenters. The summed E-state index contributed by atoms with van der Waals surface area (Å²) < 4.78 is 30.1. The lowest BCUT2D eigenvalue weighted by Gasteiger charge is -2.16. The molecule has 1 atom stereocenters. The first-order valence-corrected chi connectivity index (χ1v) is 9.49. The average molecular weight is 496 g/mol. The molecule has 0 fully saturated rings. The molecule has 0 saturated heterocycles. The number of rotatable bonds is 7. The third-order valence-corrected chi connectivity index (χ3v) is 4.94.